The second-order valence-corrected chi connectivity index (χ2v) is 6.81. The maximum absolute atomic E-state index is 13.3. The van der Waals surface area contributed by atoms with E-state index in [0.29, 0.717) is 48.1 Å². The summed E-state index contributed by atoms with van der Waals surface area (Å²) < 4.78 is 10.3. The first kappa shape index (κ1) is 19.3. The monoisotopic (exact) mass is 389 g/mol. The Morgan fingerprint density at radius 2 is 1.93 bits per heavy atom. The zero-order valence-corrected chi connectivity index (χ0v) is 16.5. The minimum atomic E-state index is -0.528. The molecule has 8 heteroatoms. The van der Waals surface area contributed by atoms with Crippen LogP contribution in [0.5, 0.6) is 0 Å². The van der Waals surface area contributed by atoms with Crippen LogP contribution < -0.4 is 5.32 Å². The molecule has 1 fully saturated rings. The summed E-state index contributed by atoms with van der Waals surface area (Å²) in [5.74, 6) is -0.532. The van der Waals surface area contributed by atoms with Crippen molar-refractivity contribution >= 4 is 29.2 Å². The lowest BCUT2D eigenvalue weighted by Crippen LogP contribution is -2.50. The molecule has 3 rings (SSSR count). The third kappa shape index (κ3) is 3.68. The molecule has 0 spiro atoms. The molecule has 0 radical (unpaired) electrons. The molecule has 0 saturated carbocycles. The third-order valence-electron chi connectivity index (χ3n) is 4.96. The molecular formula is C19H23N3O4S. The third-order valence-corrected chi connectivity index (χ3v) is 5.35. The van der Waals surface area contributed by atoms with Crippen molar-refractivity contribution in [1.29, 1.82) is 0 Å². The quantitative estimate of drug-likeness (QED) is 0.620. The average molecular weight is 389 g/mol. The number of allylic oxidation sites excluding steroid dienone is 1. The highest BCUT2D eigenvalue weighted by Crippen LogP contribution is 2.33. The summed E-state index contributed by atoms with van der Waals surface area (Å²) in [6.45, 7) is 3.98. The Labute approximate surface area is 163 Å². The maximum atomic E-state index is 13.3. The van der Waals surface area contributed by atoms with Crippen molar-refractivity contribution in [3.63, 3.8) is 0 Å². The zero-order valence-electron chi connectivity index (χ0n) is 15.7. The molecule has 2 aliphatic rings. The van der Waals surface area contributed by atoms with Crippen LogP contribution in [0, 0.1) is 0 Å². The van der Waals surface area contributed by atoms with Gasteiger partial charge in [0.1, 0.15) is 0 Å². The number of benzene rings is 1. The highest BCUT2D eigenvalue weighted by Gasteiger charge is 2.36. The topological polar surface area (TPSA) is 71.1 Å². The predicted molar refractivity (Wildman–Crippen MR) is 104 cm³/mol. The van der Waals surface area contributed by atoms with Crippen molar-refractivity contribution in [2.75, 3.05) is 40.5 Å². The van der Waals surface area contributed by atoms with E-state index in [1.165, 1.54) is 7.11 Å². The Morgan fingerprint density at radius 1 is 1.26 bits per heavy atom. The highest BCUT2D eigenvalue weighted by molar-refractivity contribution is 7.80. The number of nitrogens with one attached hydrogen (secondary N) is 1. The van der Waals surface area contributed by atoms with Crippen LogP contribution in [0.4, 0.5) is 0 Å². The number of nitrogens with zero attached hydrogens (tertiary/aromatic N) is 2. The minimum Gasteiger partial charge on any atom is -0.465 e. The van der Waals surface area contributed by atoms with E-state index in [-0.39, 0.29) is 5.91 Å². The van der Waals surface area contributed by atoms with E-state index in [1.54, 1.807) is 21.9 Å². The molecule has 2 aliphatic heterocycles. The Balaban J connectivity index is 2.08. The molecule has 27 heavy (non-hydrogen) atoms. The van der Waals surface area contributed by atoms with Gasteiger partial charge in [-0.15, -0.1) is 0 Å². The van der Waals surface area contributed by atoms with Crippen LogP contribution in [0.2, 0.25) is 0 Å². The van der Waals surface area contributed by atoms with E-state index in [9.17, 15) is 9.59 Å². The van der Waals surface area contributed by atoms with Gasteiger partial charge in [0.15, 0.2) is 5.11 Å². The van der Waals surface area contributed by atoms with Crippen LogP contribution in [0.25, 0.3) is 0 Å². The Hall–Kier alpha value is -2.45. The van der Waals surface area contributed by atoms with Gasteiger partial charge in [-0.2, -0.15) is 0 Å². The Kier molecular flexibility index (Phi) is 5.76. The van der Waals surface area contributed by atoms with Gasteiger partial charge in [0.05, 0.1) is 37.5 Å². The number of rotatable bonds is 3. The number of esters is 1. The number of carbonyl (C=O) groups is 2. The molecule has 1 saturated heterocycles. The zero-order chi connectivity index (χ0) is 19.6. The van der Waals surface area contributed by atoms with Gasteiger partial charge in [-0.3, -0.25) is 4.79 Å². The summed E-state index contributed by atoms with van der Waals surface area (Å²) >= 11 is 5.44. The van der Waals surface area contributed by atoms with Crippen LogP contribution in [0.3, 0.4) is 0 Å². The van der Waals surface area contributed by atoms with Gasteiger partial charge in [0, 0.05) is 25.8 Å². The molecular weight excluding hydrogens is 366 g/mol. The summed E-state index contributed by atoms with van der Waals surface area (Å²) in [6, 6.07) is 6.58. The van der Waals surface area contributed by atoms with Crippen molar-refractivity contribution in [2.24, 2.45) is 0 Å². The van der Waals surface area contributed by atoms with Gasteiger partial charge >= 0.3 is 5.97 Å². The fourth-order valence-corrected chi connectivity index (χ4v) is 3.58. The van der Waals surface area contributed by atoms with Gasteiger partial charge in [-0.25, -0.2) is 4.79 Å². The Morgan fingerprint density at radius 3 is 2.59 bits per heavy atom. The number of amides is 1. The number of hydrogen-bond acceptors (Lipinski definition) is 5. The molecule has 1 unspecified atom stereocenters. The van der Waals surface area contributed by atoms with Crippen LogP contribution in [-0.4, -0.2) is 67.2 Å². The van der Waals surface area contributed by atoms with E-state index < -0.39 is 12.0 Å². The summed E-state index contributed by atoms with van der Waals surface area (Å²) in [5.41, 5.74) is 2.41. The van der Waals surface area contributed by atoms with Gasteiger partial charge in [0.25, 0.3) is 5.91 Å². The first-order valence-electron chi connectivity index (χ1n) is 8.75. The number of thiocarbonyl (C=S) groups is 1. The fourth-order valence-electron chi connectivity index (χ4n) is 3.33. The smallest absolute Gasteiger partial charge is 0.338 e. The summed E-state index contributed by atoms with van der Waals surface area (Å²) in [6.07, 6.45) is 0. The molecule has 0 bridgehead atoms. The SMILES string of the molecule is COC(=O)c1ccccc1C1NC(=S)N(C)C(C)=C1C(=O)N1CCOCC1. The number of hydrogen-bond donors (Lipinski definition) is 1. The molecule has 1 atom stereocenters. The lowest BCUT2D eigenvalue weighted by Gasteiger charge is -2.38. The molecule has 2 heterocycles. The van der Waals surface area contributed by atoms with E-state index in [2.05, 4.69) is 5.32 Å². The standard InChI is InChI=1S/C19H23N3O4S/c1-12-15(17(23)22-8-10-26-11-9-22)16(20-19(27)21(12)2)13-6-4-5-7-14(13)18(24)25-3/h4-7,16H,8-11H2,1-3H3,(H,20,27). The normalized spacial score (nSPS) is 20.4. The maximum Gasteiger partial charge on any atom is 0.338 e. The van der Waals surface area contributed by atoms with Crippen LogP contribution >= 0.6 is 12.2 Å². The molecule has 1 aromatic rings. The number of carbonyl (C=O) groups excluding carboxylic acids is 2. The van der Waals surface area contributed by atoms with Crippen molar-refractivity contribution in [3.05, 3.63) is 46.7 Å². The van der Waals surface area contributed by atoms with Crippen molar-refractivity contribution in [3.8, 4) is 0 Å². The minimum absolute atomic E-state index is 0.0812. The lowest BCUT2D eigenvalue weighted by atomic mass is 9.90. The first-order chi connectivity index (χ1) is 13.0. The van der Waals surface area contributed by atoms with E-state index >= 15 is 0 Å². The van der Waals surface area contributed by atoms with Gasteiger partial charge in [-0.05, 0) is 30.8 Å². The predicted octanol–water partition coefficient (Wildman–Crippen LogP) is 1.47. The van der Waals surface area contributed by atoms with E-state index in [1.807, 2.05) is 26.1 Å². The second kappa shape index (κ2) is 8.06. The van der Waals surface area contributed by atoms with Crippen molar-refractivity contribution in [1.82, 2.24) is 15.1 Å². The first-order valence-corrected chi connectivity index (χ1v) is 9.15. The van der Waals surface area contributed by atoms with Gasteiger partial charge in [-0.1, -0.05) is 18.2 Å². The van der Waals surface area contributed by atoms with E-state index in [0.717, 1.165) is 5.70 Å². The molecule has 7 nitrogen and oxygen atoms in total. The van der Waals surface area contributed by atoms with Crippen molar-refractivity contribution < 1.29 is 19.1 Å². The Bertz CT molecular complexity index is 802. The molecule has 1 aromatic carbocycles. The van der Waals surface area contributed by atoms with Crippen molar-refractivity contribution in [2.45, 2.75) is 13.0 Å². The summed E-state index contributed by atoms with van der Waals surface area (Å²) in [4.78, 5) is 29.2. The van der Waals surface area contributed by atoms with Crippen LogP contribution in [-0.2, 0) is 14.3 Å². The lowest BCUT2D eigenvalue weighted by molar-refractivity contribution is -0.131. The molecule has 1 amide bonds. The highest BCUT2D eigenvalue weighted by atomic mass is 32.1. The molecule has 1 N–H and O–H groups in total. The molecule has 144 valence electrons. The van der Waals surface area contributed by atoms with E-state index in [4.69, 9.17) is 21.7 Å². The molecule has 0 aliphatic carbocycles. The second-order valence-electron chi connectivity index (χ2n) is 6.42. The molecule has 0 aromatic heterocycles. The summed E-state index contributed by atoms with van der Waals surface area (Å²) in [7, 11) is 3.16. The largest absolute Gasteiger partial charge is 0.465 e. The summed E-state index contributed by atoms with van der Waals surface area (Å²) in [5, 5.41) is 3.71. The van der Waals surface area contributed by atoms with Gasteiger partial charge < -0.3 is 24.6 Å². The number of methoxy groups -OCH3 is 1. The average Bonchev–Trinajstić information content (AvgIpc) is 2.71. The number of morpholine rings is 1. The van der Waals surface area contributed by atoms with Gasteiger partial charge in [0.2, 0.25) is 0 Å². The fraction of sp³-hybridized carbons (Fsp3) is 0.421. The number of ether oxygens (including phenoxy) is 2. The van der Waals surface area contributed by atoms with Crippen LogP contribution in [0.15, 0.2) is 35.5 Å². The van der Waals surface area contributed by atoms with Crippen LogP contribution in [0.1, 0.15) is 28.9 Å².